The molecular formula is C53H83N5O15. The molecule has 410 valence electrons. The Morgan fingerprint density at radius 2 is 1.58 bits per heavy atom. The van der Waals surface area contributed by atoms with Gasteiger partial charge in [0, 0.05) is 73.7 Å². The summed E-state index contributed by atoms with van der Waals surface area (Å²) in [6.45, 7) is 21.4. The van der Waals surface area contributed by atoms with E-state index in [1.54, 1.807) is 77.4 Å². The molecule has 0 saturated carbocycles. The van der Waals surface area contributed by atoms with E-state index in [-0.39, 0.29) is 43.1 Å². The fourth-order valence-electron chi connectivity index (χ4n) is 11.5. The highest BCUT2D eigenvalue weighted by molar-refractivity contribution is 5.95. The Balaban J connectivity index is 1.22. The van der Waals surface area contributed by atoms with Crippen molar-refractivity contribution in [3.8, 4) is 0 Å². The molecule has 20 heteroatoms. The maximum Gasteiger partial charge on any atom is 0.414 e. The van der Waals surface area contributed by atoms with Crippen molar-refractivity contribution in [1.29, 1.82) is 0 Å². The summed E-state index contributed by atoms with van der Waals surface area (Å²) >= 11 is 0. The number of methoxy groups -OCH3 is 1. The second kappa shape index (κ2) is 23.5. The van der Waals surface area contributed by atoms with E-state index >= 15 is 0 Å². The Labute approximate surface area is 430 Å². The van der Waals surface area contributed by atoms with Gasteiger partial charge in [-0.2, -0.15) is 0 Å². The smallest absolute Gasteiger partial charge is 0.414 e. The van der Waals surface area contributed by atoms with Crippen LogP contribution in [0.3, 0.4) is 0 Å². The van der Waals surface area contributed by atoms with Crippen LogP contribution in [-0.4, -0.2) is 175 Å². The number of likely N-dealkylation sites (N-methyl/N-ethyl adjacent to an activating group) is 1. The number of ether oxygens (including phenoxy) is 7. The zero-order valence-electron chi connectivity index (χ0n) is 45.3. The number of esters is 1. The number of aliphatic hydroxyl groups excluding tert-OH is 2. The van der Waals surface area contributed by atoms with Crippen LogP contribution in [0.5, 0.6) is 0 Å². The number of anilines is 1. The van der Waals surface area contributed by atoms with Gasteiger partial charge in [-0.15, -0.1) is 5.10 Å². The molecule has 4 aliphatic heterocycles. The van der Waals surface area contributed by atoms with Crippen LogP contribution in [0.4, 0.5) is 10.5 Å². The summed E-state index contributed by atoms with van der Waals surface area (Å²) in [5.41, 5.74) is -2.94. The minimum absolute atomic E-state index is 0.0612. The number of hydrogen-bond acceptors (Lipinski definition) is 18. The summed E-state index contributed by atoms with van der Waals surface area (Å²) in [7, 11) is 3.51. The maximum absolute atomic E-state index is 14.4. The molecule has 20 nitrogen and oxygen atoms in total. The number of nitrogens with zero attached hydrogens (tertiary/aromatic N) is 5. The number of aliphatic hydroxyl groups is 4. The fraction of sp³-hybridized carbons (Fsp3) is 0.774. The fourth-order valence-corrected chi connectivity index (χ4v) is 11.5. The number of hydrogen-bond donors (Lipinski definition) is 4. The number of cyclic esters (lactones) is 2. The first kappa shape index (κ1) is 58.3. The minimum Gasteiger partial charge on any atom is -0.459 e. The molecule has 1 aromatic heterocycles. The van der Waals surface area contributed by atoms with Gasteiger partial charge in [-0.25, -0.2) is 9.48 Å². The van der Waals surface area contributed by atoms with Crippen molar-refractivity contribution in [2.24, 2.45) is 29.6 Å². The van der Waals surface area contributed by atoms with E-state index in [9.17, 15) is 39.6 Å². The summed E-state index contributed by atoms with van der Waals surface area (Å²) in [6, 6.07) is 6.75. The van der Waals surface area contributed by atoms with E-state index < -0.39 is 114 Å². The van der Waals surface area contributed by atoms with Crippen LogP contribution < -0.4 is 4.90 Å². The number of Topliss-reactive ketones (excluding diaryl/α,β-unsaturated/α-hetero) is 2. The molecule has 0 aliphatic carbocycles. The van der Waals surface area contributed by atoms with Gasteiger partial charge in [0.2, 0.25) is 0 Å². The number of carbonyl (C=O) groups is 4. The molecular weight excluding hydrogens is 947 g/mol. The number of aromatic nitrogens is 3. The number of amides is 1. The van der Waals surface area contributed by atoms with Crippen LogP contribution in [-0.2, 0) is 55.7 Å². The first-order chi connectivity index (χ1) is 34.1. The number of benzene rings is 1. The molecule has 2 aromatic rings. The van der Waals surface area contributed by atoms with Crippen LogP contribution in [0.15, 0.2) is 30.5 Å². The average molecular weight is 1030 g/mol. The molecule has 0 spiro atoms. The van der Waals surface area contributed by atoms with Crippen molar-refractivity contribution in [2.45, 2.75) is 206 Å². The summed E-state index contributed by atoms with van der Waals surface area (Å²) in [5, 5.41) is 55.9. The second-order valence-electron chi connectivity index (χ2n) is 22.3. The molecule has 4 N–H and O–H groups in total. The number of ketones is 2. The lowest BCUT2D eigenvalue weighted by atomic mass is 9.74. The van der Waals surface area contributed by atoms with Crippen LogP contribution in [0, 0.1) is 29.6 Å². The van der Waals surface area contributed by atoms with Crippen LogP contribution in [0.1, 0.15) is 125 Å². The summed E-state index contributed by atoms with van der Waals surface area (Å²) in [6.07, 6.45) is -6.74. The van der Waals surface area contributed by atoms with Crippen molar-refractivity contribution in [1.82, 2.24) is 19.9 Å². The Hall–Kier alpha value is -3.96. The topological polar surface area (TPSA) is 251 Å². The van der Waals surface area contributed by atoms with E-state index in [2.05, 4.69) is 15.2 Å². The predicted octanol–water partition coefficient (Wildman–Crippen LogP) is 4.49. The van der Waals surface area contributed by atoms with Gasteiger partial charge in [-0.05, 0) is 99.0 Å². The van der Waals surface area contributed by atoms with Crippen molar-refractivity contribution in [3.63, 3.8) is 0 Å². The molecule has 1 aromatic carbocycles. The molecule has 0 radical (unpaired) electrons. The van der Waals surface area contributed by atoms with Crippen molar-refractivity contribution in [3.05, 3.63) is 41.7 Å². The molecule has 19 atom stereocenters. The largest absolute Gasteiger partial charge is 0.459 e. The summed E-state index contributed by atoms with van der Waals surface area (Å²) in [4.78, 5) is 56.9. The van der Waals surface area contributed by atoms with E-state index in [0.717, 1.165) is 5.69 Å². The Morgan fingerprint density at radius 1 is 0.904 bits per heavy atom. The predicted molar refractivity (Wildman–Crippen MR) is 266 cm³/mol. The van der Waals surface area contributed by atoms with E-state index in [4.69, 9.17) is 33.2 Å². The zero-order valence-corrected chi connectivity index (χ0v) is 45.3. The first-order valence-corrected chi connectivity index (χ1v) is 26.0. The molecule has 73 heavy (non-hydrogen) atoms. The van der Waals surface area contributed by atoms with Gasteiger partial charge in [-0.3, -0.25) is 19.3 Å². The van der Waals surface area contributed by atoms with Gasteiger partial charge in [0.05, 0.1) is 66.4 Å². The SMILES string of the molecule is CC[C@H]1OC(=O)[C@H](C)[C@@H](O[C@H]2C[C@@](C)(OC)[C@@H](O)[C@H](C)O2)[C@H](C)[C@@H](O[C@@H]2O[C@H](C)C[C@H](N(C)CCc3cn(C[C@H]4CN(c5ccc(C(C)=O)cc5)C(=O)O4)nn3)[C@H]2C)[C@](C)(O)C[C@@H](C)C(=O)[C@H](C)[C@@H](O)[C@]1(C)O. The highest BCUT2D eigenvalue weighted by Crippen LogP contribution is 2.42. The maximum atomic E-state index is 14.4. The Kier molecular flexibility index (Phi) is 18.8. The number of rotatable bonds is 14. The third kappa shape index (κ3) is 13.0. The Morgan fingerprint density at radius 3 is 2.21 bits per heavy atom. The lowest BCUT2D eigenvalue weighted by Crippen LogP contribution is -2.60. The van der Waals surface area contributed by atoms with Gasteiger partial charge in [0.25, 0.3) is 0 Å². The molecule has 6 rings (SSSR count). The van der Waals surface area contributed by atoms with Gasteiger partial charge in [0.15, 0.2) is 18.4 Å². The lowest BCUT2D eigenvalue weighted by Gasteiger charge is -2.49. The second-order valence-corrected chi connectivity index (χ2v) is 22.3. The molecule has 4 aliphatic rings. The van der Waals surface area contributed by atoms with E-state index in [0.29, 0.717) is 43.7 Å². The van der Waals surface area contributed by atoms with E-state index in [1.807, 2.05) is 27.1 Å². The minimum atomic E-state index is -2.02. The standard InChI is InChI=1S/C53H83N5O15/c1-15-41-53(12,66)45(61)31(5)43(60)28(2)23-51(10,65)47(32(6)44(33(7)48(63)71-41)72-42-24-52(11,67-14)46(62)35(9)69-42)73-49-30(4)40(22-29(3)68-49)56(13)21-20-37-25-57(55-54-37)26-39-27-58(50(64)70-39)38-18-16-36(17-19-38)34(8)59/h16-19,25,28-33,35,39-42,44-47,49,61-62,65-66H,15,20-24,26-27H2,1-14H3/t28-,29-,30-,31+,32+,33-,35+,39+,40+,41-,42+,44+,45-,46+,47-,49+,51-,52-,53-/m1/s1. The van der Waals surface area contributed by atoms with Crippen molar-refractivity contribution in [2.75, 3.05) is 32.1 Å². The zero-order chi connectivity index (χ0) is 54.1. The molecule has 4 saturated heterocycles. The van der Waals surface area contributed by atoms with Crippen molar-refractivity contribution < 1.29 is 72.8 Å². The molecule has 4 fully saturated rings. The number of carbonyl (C=O) groups excluding carboxylic acids is 4. The molecule has 0 unspecified atom stereocenters. The first-order valence-electron chi connectivity index (χ1n) is 26.0. The molecule has 0 bridgehead atoms. The summed E-state index contributed by atoms with van der Waals surface area (Å²) in [5.74, 6) is -5.31. The third-order valence-electron chi connectivity index (χ3n) is 16.2. The van der Waals surface area contributed by atoms with Gasteiger partial charge >= 0.3 is 12.1 Å². The lowest BCUT2D eigenvalue weighted by molar-refractivity contribution is -0.313. The van der Waals surface area contributed by atoms with Crippen LogP contribution >= 0.6 is 0 Å². The highest BCUT2D eigenvalue weighted by Gasteiger charge is 2.53. The van der Waals surface area contributed by atoms with Gasteiger partial charge < -0.3 is 58.5 Å². The van der Waals surface area contributed by atoms with Gasteiger partial charge in [0.1, 0.15) is 29.7 Å². The Bertz CT molecular complexity index is 2210. The third-order valence-corrected chi connectivity index (χ3v) is 16.2. The average Bonchev–Trinajstić information content (AvgIpc) is 3.96. The van der Waals surface area contributed by atoms with Gasteiger partial charge in [-0.1, -0.05) is 39.8 Å². The normalized spacial score (nSPS) is 40.3. The molecule has 5 heterocycles. The quantitative estimate of drug-likeness (QED) is 0.150. The highest BCUT2D eigenvalue weighted by atomic mass is 16.7. The van der Waals surface area contributed by atoms with E-state index in [1.165, 1.54) is 32.8 Å². The monoisotopic (exact) mass is 1030 g/mol. The van der Waals surface area contributed by atoms with Crippen LogP contribution in [0.25, 0.3) is 0 Å². The van der Waals surface area contributed by atoms with Crippen molar-refractivity contribution >= 4 is 29.3 Å². The summed E-state index contributed by atoms with van der Waals surface area (Å²) < 4.78 is 45.8. The van der Waals surface area contributed by atoms with Crippen LogP contribution in [0.2, 0.25) is 0 Å². The molecule has 1 amide bonds.